The first-order valence-corrected chi connectivity index (χ1v) is 19.0. The minimum atomic E-state index is -1.37. The topological polar surface area (TPSA) is 200 Å². The summed E-state index contributed by atoms with van der Waals surface area (Å²) in [6.45, 7) is 8.37. The molecule has 2 aromatic rings. The number of aliphatic carboxylic acids is 1. The summed E-state index contributed by atoms with van der Waals surface area (Å²) < 4.78 is 0. The van der Waals surface area contributed by atoms with Gasteiger partial charge in [0, 0.05) is 5.02 Å². The molecule has 6 N–H and O–H groups in total. The summed E-state index contributed by atoms with van der Waals surface area (Å²) in [5.74, 6) is -6.02. The zero-order chi connectivity index (χ0) is 40.0. The number of ketones is 1. The van der Waals surface area contributed by atoms with Crippen LogP contribution >= 0.6 is 11.6 Å². The number of rotatable bonds is 19. The maximum atomic E-state index is 14.1. The largest absolute Gasteiger partial charge is 0.479 e. The zero-order valence-corrected chi connectivity index (χ0v) is 32.5. The quantitative estimate of drug-likeness (QED) is 0.115. The van der Waals surface area contributed by atoms with Crippen LogP contribution in [0.1, 0.15) is 103 Å². The third-order valence-electron chi connectivity index (χ3n) is 9.69. The molecule has 0 radical (unpaired) electrons. The number of carbonyl (C=O) groups excluding carboxylic acids is 6. The fourth-order valence-corrected chi connectivity index (χ4v) is 6.66. The smallest absolute Gasteiger partial charge is 0.330 e. The molecule has 1 aliphatic rings. The Morgan fingerprint density at radius 1 is 0.815 bits per heavy atom. The highest BCUT2D eigenvalue weighted by molar-refractivity contribution is 6.38. The van der Waals surface area contributed by atoms with Crippen molar-refractivity contribution in [1.82, 2.24) is 26.6 Å². The molecule has 13 nitrogen and oxygen atoms in total. The number of nitrogens with one attached hydrogen (secondary N) is 5. The van der Waals surface area contributed by atoms with E-state index in [1.165, 1.54) is 12.1 Å². The van der Waals surface area contributed by atoms with E-state index in [9.17, 15) is 38.7 Å². The van der Waals surface area contributed by atoms with Gasteiger partial charge in [0.2, 0.25) is 29.4 Å². The van der Waals surface area contributed by atoms with Gasteiger partial charge in [-0.3, -0.25) is 28.8 Å². The summed E-state index contributed by atoms with van der Waals surface area (Å²) in [6, 6.07) is 10.3. The lowest BCUT2D eigenvalue weighted by molar-refractivity contribution is -0.142. The molecule has 2 aromatic carbocycles. The monoisotopic (exact) mass is 767 g/mol. The molecule has 1 fully saturated rings. The predicted octanol–water partition coefficient (Wildman–Crippen LogP) is 4.13. The molecule has 0 aliphatic heterocycles. The Labute approximate surface area is 322 Å². The number of halogens is 1. The third kappa shape index (κ3) is 12.7. The minimum Gasteiger partial charge on any atom is -0.479 e. The van der Waals surface area contributed by atoms with E-state index in [2.05, 4.69) is 26.6 Å². The van der Waals surface area contributed by atoms with Crippen molar-refractivity contribution in [1.29, 1.82) is 0 Å². The van der Waals surface area contributed by atoms with Crippen LogP contribution in [0.3, 0.4) is 0 Å². The number of carbonyl (C=O) groups is 7. The number of amides is 5. The van der Waals surface area contributed by atoms with E-state index in [1.54, 1.807) is 63.2 Å². The molecule has 0 bridgehead atoms. The average molecular weight is 768 g/mol. The normalized spacial score (nSPS) is 15.5. The lowest BCUT2D eigenvalue weighted by atomic mass is 9.80. The number of carboxylic acids is 1. The van der Waals surface area contributed by atoms with Gasteiger partial charge in [-0.25, -0.2) is 4.79 Å². The first-order valence-electron chi connectivity index (χ1n) is 18.6. The number of hydrogen-bond acceptors (Lipinski definition) is 7. The minimum absolute atomic E-state index is 0.0553. The number of benzene rings is 2. The van der Waals surface area contributed by atoms with Crippen molar-refractivity contribution in [3.05, 3.63) is 70.7 Å². The van der Waals surface area contributed by atoms with E-state index >= 15 is 0 Å². The second-order valence-corrected chi connectivity index (χ2v) is 15.3. The molecule has 3 rings (SSSR count). The van der Waals surface area contributed by atoms with Crippen molar-refractivity contribution in [2.45, 2.75) is 116 Å². The lowest BCUT2D eigenvalue weighted by Crippen LogP contribution is -2.59. The number of Topliss-reactive ketones (excluding diaryl/α,β-unsaturated/α-hetero) is 1. The van der Waals surface area contributed by atoms with Crippen molar-refractivity contribution in [2.75, 3.05) is 6.54 Å². The van der Waals surface area contributed by atoms with Crippen molar-refractivity contribution in [2.24, 2.45) is 11.8 Å². The van der Waals surface area contributed by atoms with Gasteiger partial charge in [0.05, 0.1) is 18.0 Å². The Balaban J connectivity index is 1.72. The van der Waals surface area contributed by atoms with E-state index in [-0.39, 0.29) is 30.6 Å². The van der Waals surface area contributed by atoms with Gasteiger partial charge in [-0.05, 0) is 74.6 Å². The molecule has 1 saturated carbocycles. The fourth-order valence-electron chi connectivity index (χ4n) is 6.53. The molecule has 294 valence electrons. The Morgan fingerprint density at radius 2 is 1.43 bits per heavy atom. The number of hydrogen-bond donors (Lipinski definition) is 6. The molecule has 5 amide bonds. The second-order valence-electron chi connectivity index (χ2n) is 14.8. The Bertz CT molecular complexity index is 1630. The van der Waals surface area contributed by atoms with Crippen LogP contribution < -0.4 is 26.6 Å². The van der Waals surface area contributed by atoms with Crippen LogP contribution in [-0.4, -0.2) is 71.1 Å². The van der Waals surface area contributed by atoms with Crippen molar-refractivity contribution in [3.8, 4) is 0 Å². The number of carboxylic acid groups (broad SMARTS) is 1. The summed E-state index contributed by atoms with van der Waals surface area (Å²) in [6.07, 6.45) is 5.01. The van der Waals surface area contributed by atoms with Crippen LogP contribution in [-0.2, 0) is 39.0 Å². The molecule has 1 unspecified atom stereocenters. The third-order valence-corrected chi connectivity index (χ3v) is 9.94. The van der Waals surface area contributed by atoms with Crippen LogP contribution in [0.15, 0.2) is 54.6 Å². The highest BCUT2D eigenvalue weighted by Gasteiger charge is 2.38. The van der Waals surface area contributed by atoms with Gasteiger partial charge in [0.25, 0.3) is 5.91 Å². The van der Waals surface area contributed by atoms with E-state index in [0.717, 1.165) is 37.7 Å². The van der Waals surface area contributed by atoms with Crippen LogP contribution in [0.2, 0.25) is 5.02 Å². The summed E-state index contributed by atoms with van der Waals surface area (Å²) in [5.41, 5.74) is 0.0439. The summed E-state index contributed by atoms with van der Waals surface area (Å²) in [5, 5.41) is 23.1. The van der Waals surface area contributed by atoms with Gasteiger partial charge in [0.1, 0.15) is 12.1 Å². The van der Waals surface area contributed by atoms with Crippen LogP contribution in [0, 0.1) is 11.8 Å². The Hall–Kier alpha value is -4.78. The van der Waals surface area contributed by atoms with E-state index in [4.69, 9.17) is 11.6 Å². The fraction of sp³-hybridized carbons (Fsp3) is 0.525. The highest BCUT2D eigenvalue weighted by Crippen LogP contribution is 2.29. The maximum Gasteiger partial charge on any atom is 0.330 e. The van der Waals surface area contributed by atoms with Gasteiger partial charge in [-0.2, -0.15) is 0 Å². The molecule has 1 aliphatic carbocycles. The van der Waals surface area contributed by atoms with Crippen molar-refractivity contribution >= 4 is 52.9 Å². The van der Waals surface area contributed by atoms with Crippen molar-refractivity contribution in [3.63, 3.8) is 0 Å². The van der Waals surface area contributed by atoms with E-state index in [0.29, 0.717) is 17.0 Å². The molecule has 54 heavy (non-hydrogen) atoms. The molecule has 0 aromatic heterocycles. The van der Waals surface area contributed by atoms with E-state index in [1.807, 2.05) is 13.8 Å². The standard InChI is InChI=1S/C40H54ClN5O8/c1-6-13-29(34(48)37(51)42-23-31(47)45-33(38(52)53)26-16-11-8-12-17-26)43-35(49)30(22-24(2)3)44-36(50)32(25-14-9-7-10-15-25)46-39(54)40(4,5)27-18-20-28(41)21-19-27/h8,11-12,16-21,24-25,29-30,32-33H,6-7,9-10,13-15,22-23H2,1-5H3,(H,42,51)(H,43,49)(H,44,50)(H,45,47)(H,46,54)(H,52,53)/t29?,30-,32-,33-/m0/s1. The second kappa shape index (κ2) is 20.6. The van der Waals surface area contributed by atoms with Crippen LogP contribution in [0.4, 0.5) is 0 Å². The highest BCUT2D eigenvalue weighted by atomic mass is 35.5. The van der Waals surface area contributed by atoms with Crippen LogP contribution in [0.25, 0.3) is 0 Å². The maximum absolute atomic E-state index is 14.1. The average Bonchev–Trinajstić information content (AvgIpc) is 3.14. The summed E-state index contributed by atoms with van der Waals surface area (Å²) >= 11 is 6.07. The molecule has 0 heterocycles. The molecule has 0 spiro atoms. The molecular weight excluding hydrogens is 714 g/mol. The van der Waals surface area contributed by atoms with Crippen LogP contribution in [0.5, 0.6) is 0 Å². The van der Waals surface area contributed by atoms with E-state index < -0.39 is 71.5 Å². The molecule has 14 heteroatoms. The Morgan fingerprint density at radius 3 is 2.00 bits per heavy atom. The molecular formula is C40H54ClN5O8. The van der Waals surface area contributed by atoms with Crippen molar-refractivity contribution < 1.29 is 38.7 Å². The first kappa shape index (κ1) is 43.6. The first-order chi connectivity index (χ1) is 25.5. The van der Waals surface area contributed by atoms with Gasteiger partial charge < -0.3 is 31.7 Å². The van der Waals surface area contributed by atoms with Gasteiger partial charge in [-0.1, -0.05) is 101 Å². The van der Waals surface area contributed by atoms with Gasteiger partial charge >= 0.3 is 5.97 Å². The van der Waals surface area contributed by atoms with Gasteiger partial charge in [-0.15, -0.1) is 0 Å². The van der Waals surface area contributed by atoms with Gasteiger partial charge in [0.15, 0.2) is 6.04 Å². The summed E-state index contributed by atoms with van der Waals surface area (Å²) in [7, 11) is 0. The summed E-state index contributed by atoms with van der Waals surface area (Å²) in [4.78, 5) is 92.1. The SMILES string of the molecule is CCCC(NC(=O)[C@H](CC(C)C)NC(=O)[C@@H](NC(=O)C(C)(C)c1ccc(Cl)cc1)C1CCCCC1)C(=O)C(=O)NCC(=O)N[C@H](C(=O)O)c1ccccc1. The molecule has 4 atom stereocenters. The lowest BCUT2D eigenvalue weighted by Gasteiger charge is -2.34. The molecule has 0 saturated heterocycles. The zero-order valence-electron chi connectivity index (χ0n) is 31.7. The Kier molecular flexibility index (Phi) is 16.7. The predicted molar refractivity (Wildman–Crippen MR) is 204 cm³/mol.